The standard InChI is InChI=1S/C38H36/c1-26-12-16-28(17-13-26)34-10-6-8-30-22-32(24-36(30)34)38(20-4-3-5-21-38)33-23-31-9-7-11-35(37(31)25-33)29-18-14-27(2)15-19-29/h6-19,24-25H,3-5,20-23H2,1-2H3. The largest absolute Gasteiger partial charge is 0.0613 e. The summed E-state index contributed by atoms with van der Waals surface area (Å²) in [5.41, 5.74) is 17.5. The number of rotatable bonds is 4. The van der Waals surface area contributed by atoms with Crippen molar-refractivity contribution < 1.29 is 0 Å². The van der Waals surface area contributed by atoms with Crippen LogP contribution in [0.5, 0.6) is 0 Å². The van der Waals surface area contributed by atoms with Gasteiger partial charge in [-0.1, -0.05) is 139 Å². The molecule has 38 heavy (non-hydrogen) atoms. The van der Waals surface area contributed by atoms with E-state index in [2.05, 4.69) is 111 Å². The number of aryl methyl sites for hydroxylation is 2. The quantitative estimate of drug-likeness (QED) is 0.266. The summed E-state index contributed by atoms with van der Waals surface area (Å²) in [7, 11) is 0. The summed E-state index contributed by atoms with van der Waals surface area (Å²) in [6.45, 7) is 4.34. The molecule has 0 heterocycles. The molecule has 3 aliphatic carbocycles. The summed E-state index contributed by atoms with van der Waals surface area (Å²) in [5, 5.41) is 0. The van der Waals surface area contributed by atoms with Gasteiger partial charge < -0.3 is 0 Å². The number of hydrogen-bond donors (Lipinski definition) is 0. The van der Waals surface area contributed by atoms with Gasteiger partial charge in [-0.25, -0.2) is 0 Å². The number of allylic oxidation sites excluding steroid dienone is 2. The maximum Gasteiger partial charge on any atom is 0.0134 e. The van der Waals surface area contributed by atoms with Gasteiger partial charge in [-0.05, 0) is 84.0 Å². The van der Waals surface area contributed by atoms with Crippen LogP contribution in [0.4, 0.5) is 0 Å². The van der Waals surface area contributed by atoms with E-state index in [4.69, 9.17) is 0 Å². The third-order valence-electron chi connectivity index (χ3n) is 9.45. The molecule has 0 N–H and O–H groups in total. The first-order valence-corrected chi connectivity index (χ1v) is 14.4. The molecule has 188 valence electrons. The molecule has 4 aromatic rings. The van der Waals surface area contributed by atoms with Gasteiger partial charge in [0.05, 0.1) is 0 Å². The van der Waals surface area contributed by atoms with E-state index < -0.39 is 0 Å². The Morgan fingerprint density at radius 2 is 0.947 bits per heavy atom. The van der Waals surface area contributed by atoms with Gasteiger partial charge in [0.1, 0.15) is 0 Å². The Bertz CT molecular complexity index is 1450. The monoisotopic (exact) mass is 492 g/mol. The normalized spacial score (nSPS) is 17.5. The Hall–Kier alpha value is -3.64. The maximum atomic E-state index is 2.60. The molecule has 0 amide bonds. The van der Waals surface area contributed by atoms with Crippen LogP contribution in [0.3, 0.4) is 0 Å². The van der Waals surface area contributed by atoms with Crippen molar-refractivity contribution in [3.8, 4) is 22.3 Å². The lowest BCUT2D eigenvalue weighted by molar-refractivity contribution is 0.286. The average Bonchev–Trinajstić information content (AvgIpc) is 3.60. The first-order chi connectivity index (χ1) is 18.6. The topological polar surface area (TPSA) is 0 Å². The molecule has 0 aromatic heterocycles. The summed E-state index contributed by atoms with van der Waals surface area (Å²) in [5.74, 6) is 0. The second kappa shape index (κ2) is 9.28. The highest BCUT2D eigenvalue weighted by Gasteiger charge is 2.42. The molecule has 0 unspecified atom stereocenters. The van der Waals surface area contributed by atoms with Crippen LogP contribution in [-0.2, 0) is 12.8 Å². The van der Waals surface area contributed by atoms with Gasteiger partial charge in [0.2, 0.25) is 0 Å². The van der Waals surface area contributed by atoms with E-state index in [-0.39, 0.29) is 5.41 Å². The Balaban J connectivity index is 1.31. The zero-order valence-electron chi connectivity index (χ0n) is 22.7. The summed E-state index contributed by atoms with van der Waals surface area (Å²) in [6.07, 6.45) is 14.0. The third-order valence-corrected chi connectivity index (χ3v) is 9.45. The molecule has 4 aromatic carbocycles. The molecule has 0 atom stereocenters. The van der Waals surface area contributed by atoms with E-state index in [1.54, 1.807) is 11.1 Å². The van der Waals surface area contributed by atoms with Crippen LogP contribution in [0, 0.1) is 19.3 Å². The van der Waals surface area contributed by atoms with E-state index in [1.165, 1.54) is 87.7 Å². The molecule has 1 saturated carbocycles. The van der Waals surface area contributed by atoms with E-state index in [0.717, 1.165) is 12.8 Å². The summed E-state index contributed by atoms with van der Waals surface area (Å²) in [6, 6.07) is 32.0. The highest BCUT2D eigenvalue weighted by molar-refractivity contribution is 5.84. The zero-order valence-corrected chi connectivity index (χ0v) is 22.7. The smallest absolute Gasteiger partial charge is 0.0134 e. The maximum absolute atomic E-state index is 2.60. The fourth-order valence-electron chi connectivity index (χ4n) is 7.32. The van der Waals surface area contributed by atoms with Crippen LogP contribution >= 0.6 is 0 Å². The van der Waals surface area contributed by atoms with E-state index in [0.29, 0.717) is 0 Å². The molecule has 0 spiro atoms. The molecule has 0 nitrogen and oxygen atoms in total. The van der Waals surface area contributed by atoms with Crippen molar-refractivity contribution in [2.24, 2.45) is 5.41 Å². The van der Waals surface area contributed by atoms with Gasteiger partial charge in [-0.15, -0.1) is 0 Å². The second-order valence-electron chi connectivity index (χ2n) is 11.8. The minimum atomic E-state index is 0.186. The Morgan fingerprint density at radius 1 is 0.500 bits per heavy atom. The van der Waals surface area contributed by atoms with Gasteiger partial charge in [0.25, 0.3) is 0 Å². The highest BCUT2D eigenvalue weighted by Crippen LogP contribution is 2.55. The minimum Gasteiger partial charge on any atom is -0.0613 e. The fourth-order valence-corrected chi connectivity index (χ4v) is 7.32. The predicted octanol–water partition coefficient (Wildman–Crippen LogP) is 10.2. The van der Waals surface area contributed by atoms with Gasteiger partial charge in [0.15, 0.2) is 0 Å². The lowest BCUT2D eigenvalue weighted by Gasteiger charge is -2.40. The molecule has 0 radical (unpaired) electrons. The number of fused-ring (bicyclic) bond motifs is 2. The Kier molecular flexibility index (Phi) is 5.73. The summed E-state index contributed by atoms with van der Waals surface area (Å²) >= 11 is 0. The van der Waals surface area contributed by atoms with E-state index in [9.17, 15) is 0 Å². The van der Waals surface area contributed by atoms with Crippen molar-refractivity contribution >= 4 is 12.2 Å². The molecule has 3 aliphatic rings. The van der Waals surface area contributed by atoms with Crippen LogP contribution in [0.2, 0.25) is 0 Å². The fraction of sp³-hybridized carbons (Fsp3) is 0.263. The van der Waals surface area contributed by atoms with Crippen LogP contribution in [0.25, 0.3) is 34.4 Å². The van der Waals surface area contributed by atoms with Crippen LogP contribution in [0.15, 0.2) is 96.1 Å². The van der Waals surface area contributed by atoms with Crippen LogP contribution < -0.4 is 0 Å². The van der Waals surface area contributed by atoms with Crippen molar-refractivity contribution in [1.29, 1.82) is 0 Å². The molecular formula is C38H36. The molecule has 0 saturated heterocycles. The molecule has 0 heteroatoms. The van der Waals surface area contributed by atoms with Crippen molar-refractivity contribution in [1.82, 2.24) is 0 Å². The molecule has 7 rings (SSSR count). The predicted molar refractivity (Wildman–Crippen MR) is 162 cm³/mol. The van der Waals surface area contributed by atoms with Crippen molar-refractivity contribution in [2.45, 2.75) is 58.8 Å². The summed E-state index contributed by atoms with van der Waals surface area (Å²) < 4.78 is 0. The first-order valence-electron chi connectivity index (χ1n) is 14.4. The summed E-state index contributed by atoms with van der Waals surface area (Å²) in [4.78, 5) is 0. The SMILES string of the molecule is Cc1ccc(-c2cccc3c2C=C(C2(C4=Cc5c(cccc5-c5ccc(C)cc5)C4)CCCCC2)C3)cc1. The van der Waals surface area contributed by atoms with E-state index in [1.807, 2.05) is 0 Å². The van der Waals surface area contributed by atoms with E-state index >= 15 is 0 Å². The second-order valence-corrected chi connectivity index (χ2v) is 11.8. The van der Waals surface area contributed by atoms with Crippen molar-refractivity contribution in [3.63, 3.8) is 0 Å². The first kappa shape index (κ1) is 23.5. The van der Waals surface area contributed by atoms with Gasteiger partial charge in [-0.3, -0.25) is 0 Å². The van der Waals surface area contributed by atoms with Crippen molar-refractivity contribution in [3.05, 3.63) is 129 Å². The number of benzene rings is 4. The zero-order chi connectivity index (χ0) is 25.7. The lowest BCUT2D eigenvalue weighted by Crippen LogP contribution is -2.29. The van der Waals surface area contributed by atoms with Gasteiger partial charge >= 0.3 is 0 Å². The molecule has 0 aliphatic heterocycles. The number of hydrogen-bond acceptors (Lipinski definition) is 0. The Labute approximate surface area is 227 Å². The minimum absolute atomic E-state index is 0.186. The van der Waals surface area contributed by atoms with Crippen LogP contribution in [0.1, 0.15) is 65.5 Å². The molecule has 1 fully saturated rings. The highest BCUT2D eigenvalue weighted by atomic mass is 14.5. The van der Waals surface area contributed by atoms with Gasteiger partial charge in [-0.2, -0.15) is 0 Å². The Morgan fingerprint density at radius 3 is 1.39 bits per heavy atom. The van der Waals surface area contributed by atoms with Crippen LogP contribution in [-0.4, -0.2) is 0 Å². The molecular weight excluding hydrogens is 456 g/mol. The molecule has 0 bridgehead atoms. The average molecular weight is 493 g/mol. The lowest BCUT2D eigenvalue weighted by atomic mass is 9.63. The van der Waals surface area contributed by atoms with Crippen molar-refractivity contribution in [2.75, 3.05) is 0 Å². The third kappa shape index (κ3) is 3.90. The van der Waals surface area contributed by atoms with Gasteiger partial charge in [0, 0.05) is 5.41 Å².